The van der Waals surface area contributed by atoms with Crippen LogP contribution < -0.4 is 20.3 Å². The number of ether oxygens (including phenoxy) is 1. The lowest BCUT2D eigenvalue weighted by atomic mass is 9.95. The van der Waals surface area contributed by atoms with E-state index >= 15 is 0 Å². The lowest BCUT2D eigenvalue weighted by molar-refractivity contribution is -0.384. The zero-order chi connectivity index (χ0) is 29.3. The van der Waals surface area contributed by atoms with E-state index in [0.717, 1.165) is 11.4 Å². The molecule has 11 heteroatoms. The largest absolute Gasteiger partial charge is 0.494 e. The minimum absolute atomic E-state index is 0.00310. The summed E-state index contributed by atoms with van der Waals surface area (Å²) in [7, 11) is 1.55. The fourth-order valence-corrected chi connectivity index (χ4v) is 4.93. The van der Waals surface area contributed by atoms with Crippen molar-refractivity contribution in [2.24, 2.45) is 5.41 Å². The molecular formula is C30H29N5O5S. The summed E-state index contributed by atoms with van der Waals surface area (Å²) < 4.78 is 12.0. The lowest BCUT2D eigenvalue weighted by Crippen LogP contribution is -2.30. The van der Waals surface area contributed by atoms with Gasteiger partial charge in [0, 0.05) is 41.1 Å². The number of aromatic nitrogens is 1. The Labute approximate surface area is 242 Å². The molecule has 0 aliphatic carbocycles. The number of nitrogens with zero attached hydrogens (tertiary/aromatic N) is 3. The van der Waals surface area contributed by atoms with E-state index in [1.54, 1.807) is 31.5 Å². The summed E-state index contributed by atoms with van der Waals surface area (Å²) in [5.41, 5.74) is 2.18. The van der Waals surface area contributed by atoms with E-state index < -0.39 is 16.4 Å². The Morgan fingerprint density at radius 1 is 1.12 bits per heavy atom. The van der Waals surface area contributed by atoms with Crippen LogP contribution in [0.1, 0.15) is 44.3 Å². The third-order valence-electron chi connectivity index (χ3n) is 6.77. The summed E-state index contributed by atoms with van der Waals surface area (Å²) >= 11 is 5.82. The second-order valence-corrected chi connectivity index (χ2v) is 11.0. The van der Waals surface area contributed by atoms with Crippen LogP contribution in [0.15, 0.2) is 83.4 Å². The zero-order valence-electron chi connectivity index (χ0n) is 23.0. The van der Waals surface area contributed by atoms with Crippen LogP contribution in [0.5, 0.6) is 5.75 Å². The minimum Gasteiger partial charge on any atom is -0.494 e. The van der Waals surface area contributed by atoms with Crippen molar-refractivity contribution in [2.75, 3.05) is 17.3 Å². The molecule has 0 bridgehead atoms. The quantitative estimate of drug-likeness (QED) is 0.147. The first-order valence-corrected chi connectivity index (χ1v) is 13.3. The Morgan fingerprint density at radius 2 is 1.88 bits per heavy atom. The van der Waals surface area contributed by atoms with E-state index in [2.05, 4.69) is 15.6 Å². The number of nitro benzene ring substituents is 1. The number of non-ortho nitro benzene ring substituents is 1. The highest BCUT2D eigenvalue weighted by molar-refractivity contribution is 7.80. The van der Waals surface area contributed by atoms with E-state index in [9.17, 15) is 14.9 Å². The molecule has 0 radical (unpaired) electrons. The van der Waals surface area contributed by atoms with Crippen LogP contribution >= 0.6 is 12.2 Å². The predicted molar refractivity (Wildman–Crippen MR) is 160 cm³/mol. The number of methoxy groups -OCH3 is 1. The fourth-order valence-electron chi connectivity index (χ4n) is 4.58. The van der Waals surface area contributed by atoms with Crippen LogP contribution in [0.3, 0.4) is 0 Å². The van der Waals surface area contributed by atoms with Crippen LogP contribution in [0.25, 0.3) is 11.3 Å². The molecule has 1 amide bonds. The molecule has 0 unspecified atom stereocenters. The molecule has 0 spiro atoms. The molecule has 3 heterocycles. The number of benzene rings is 2. The Balaban J connectivity index is 1.54. The van der Waals surface area contributed by atoms with Gasteiger partial charge in [0.05, 0.1) is 29.5 Å². The first-order chi connectivity index (χ1) is 19.6. The van der Waals surface area contributed by atoms with Gasteiger partial charge < -0.3 is 24.7 Å². The van der Waals surface area contributed by atoms with Gasteiger partial charge in [0.1, 0.15) is 23.3 Å². The second-order valence-electron chi connectivity index (χ2n) is 10.6. The van der Waals surface area contributed by atoms with Crippen LogP contribution in [-0.2, 0) is 4.79 Å². The molecule has 4 aromatic rings. The molecular weight excluding hydrogens is 542 g/mol. The van der Waals surface area contributed by atoms with Crippen molar-refractivity contribution in [3.05, 3.63) is 101 Å². The van der Waals surface area contributed by atoms with Crippen molar-refractivity contribution in [1.29, 1.82) is 0 Å². The summed E-state index contributed by atoms with van der Waals surface area (Å²) in [4.78, 5) is 29.8. The number of carbonyl (C=O) groups is 1. The maximum atomic E-state index is 12.6. The lowest BCUT2D eigenvalue weighted by Gasteiger charge is -2.27. The third-order valence-corrected chi connectivity index (χ3v) is 7.09. The van der Waals surface area contributed by atoms with Gasteiger partial charge in [-0.25, -0.2) is 0 Å². The predicted octanol–water partition coefficient (Wildman–Crippen LogP) is 6.42. The number of nitrogens with one attached hydrogen (secondary N) is 2. The third kappa shape index (κ3) is 5.62. The summed E-state index contributed by atoms with van der Waals surface area (Å²) in [6.45, 7) is 5.52. The molecule has 2 aromatic carbocycles. The molecule has 5 rings (SSSR count). The smallest absolute Gasteiger partial charge is 0.269 e. The zero-order valence-corrected chi connectivity index (χ0v) is 23.8. The molecule has 41 heavy (non-hydrogen) atoms. The number of hydrogen-bond donors (Lipinski definition) is 2. The fraction of sp³-hybridized carbons (Fsp3) is 0.233. The van der Waals surface area contributed by atoms with Gasteiger partial charge in [-0.15, -0.1) is 0 Å². The number of furan rings is 1. The number of hydrogen-bond acceptors (Lipinski definition) is 7. The Hall–Kier alpha value is -4.77. The van der Waals surface area contributed by atoms with Gasteiger partial charge in [-0.1, -0.05) is 26.8 Å². The van der Waals surface area contributed by atoms with Crippen molar-refractivity contribution in [2.45, 2.75) is 32.9 Å². The SMILES string of the molecule is COc1cc(N2C(=S)N[C@@H](c3ccccn3)[C@H]2c2ccc(-c3ccc([N+](=O)[O-])cc3)o2)ccc1NC(=O)C(C)(C)C. The van der Waals surface area contributed by atoms with Crippen molar-refractivity contribution in [3.63, 3.8) is 0 Å². The number of amides is 1. The standard InChI is InChI=1S/C30H29N5O5S/c1-30(2,3)28(36)32-21-13-12-20(17-25(21)39-4)34-27(26(33-29(34)41)22-7-5-6-16-31-22)24-15-14-23(40-24)18-8-10-19(11-9-18)35(37)38/h5-17,26-27H,1-4H3,(H,32,36)(H,33,41)/t26-,27+/m0/s1. The number of carbonyl (C=O) groups excluding carboxylic acids is 1. The Kier molecular flexibility index (Phi) is 7.46. The van der Waals surface area contributed by atoms with Crippen molar-refractivity contribution < 1.29 is 18.9 Å². The average molecular weight is 572 g/mol. The molecule has 10 nitrogen and oxygen atoms in total. The number of anilines is 2. The van der Waals surface area contributed by atoms with E-state index in [1.165, 1.54) is 12.1 Å². The second kappa shape index (κ2) is 11.0. The van der Waals surface area contributed by atoms with Crippen molar-refractivity contribution in [3.8, 4) is 17.1 Å². The average Bonchev–Trinajstić information content (AvgIpc) is 3.58. The van der Waals surface area contributed by atoms with Gasteiger partial charge in [0.25, 0.3) is 5.69 Å². The van der Waals surface area contributed by atoms with E-state index in [0.29, 0.717) is 33.6 Å². The minimum atomic E-state index is -0.578. The van der Waals surface area contributed by atoms with Gasteiger partial charge in [-0.3, -0.25) is 19.9 Å². The van der Waals surface area contributed by atoms with Gasteiger partial charge in [-0.05, 0) is 60.7 Å². The maximum Gasteiger partial charge on any atom is 0.269 e. The number of thiocarbonyl (C=S) groups is 1. The molecule has 1 saturated heterocycles. The summed E-state index contributed by atoms with van der Waals surface area (Å²) in [5.74, 6) is 1.52. The first-order valence-electron chi connectivity index (χ1n) is 12.9. The molecule has 2 aromatic heterocycles. The highest BCUT2D eigenvalue weighted by Gasteiger charge is 2.43. The number of pyridine rings is 1. The van der Waals surface area contributed by atoms with Crippen molar-refractivity contribution in [1.82, 2.24) is 10.3 Å². The van der Waals surface area contributed by atoms with E-state index in [1.807, 2.05) is 68.1 Å². The van der Waals surface area contributed by atoms with Crippen LogP contribution in [-0.4, -0.2) is 28.0 Å². The topological polar surface area (TPSA) is 123 Å². The molecule has 1 fully saturated rings. The molecule has 2 atom stereocenters. The summed E-state index contributed by atoms with van der Waals surface area (Å²) in [6, 6.07) is 20.3. The van der Waals surface area contributed by atoms with Gasteiger partial charge in [0.2, 0.25) is 5.91 Å². The van der Waals surface area contributed by atoms with Gasteiger partial charge in [-0.2, -0.15) is 0 Å². The molecule has 0 saturated carbocycles. The normalized spacial score (nSPS) is 16.8. The Bertz CT molecular complexity index is 1600. The highest BCUT2D eigenvalue weighted by atomic mass is 32.1. The summed E-state index contributed by atoms with van der Waals surface area (Å²) in [6.07, 6.45) is 1.72. The van der Waals surface area contributed by atoms with Gasteiger partial charge >= 0.3 is 0 Å². The van der Waals surface area contributed by atoms with Gasteiger partial charge in [0.15, 0.2) is 5.11 Å². The molecule has 2 N–H and O–H groups in total. The highest BCUT2D eigenvalue weighted by Crippen LogP contribution is 2.44. The van der Waals surface area contributed by atoms with Crippen LogP contribution in [0, 0.1) is 15.5 Å². The molecule has 1 aliphatic heterocycles. The summed E-state index contributed by atoms with van der Waals surface area (Å²) in [5, 5.41) is 17.9. The molecule has 210 valence electrons. The Morgan fingerprint density at radius 3 is 2.51 bits per heavy atom. The van der Waals surface area contributed by atoms with E-state index in [4.69, 9.17) is 21.4 Å². The molecule has 1 aliphatic rings. The maximum absolute atomic E-state index is 12.6. The number of nitro groups is 1. The van der Waals surface area contributed by atoms with Crippen molar-refractivity contribution >= 4 is 40.3 Å². The monoisotopic (exact) mass is 571 g/mol. The van der Waals surface area contributed by atoms with Crippen LogP contribution in [0.2, 0.25) is 0 Å². The van der Waals surface area contributed by atoms with Crippen LogP contribution in [0.4, 0.5) is 17.1 Å². The number of rotatable bonds is 7. The first kappa shape index (κ1) is 27.8. The van der Waals surface area contributed by atoms with E-state index in [-0.39, 0.29) is 17.6 Å².